The molecule has 0 atom stereocenters. The summed E-state index contributed by atoms with van der Waals surface area (Å²) < 4.78 is 0. The van der Waals surface area contributed by atoms with Crippen molar-refractivity contribution in [2.75, 3.05) is 24.5 Å². The molecule has 0 saturated carbocycles. The summed E-state index contributed by atoms with van der Waals surface area (Å²) in [7, 11) is 0. The van der Waals surface area contributed by atoms with E-state index in [1.807, 2.05) is 47.1 Å². The maximum absolute atomic E-state index is 12.9. The molecule has 2 amide bonds. The molecule has 0 bridgehead atoms. The molecule has 25 heavy (non-hydrogen) atoms. The van der Waals surface area contributed by atoms with Crippen LogP contribution in [0.15, 0.2) is 54.9 Å². The minimum Gasteiger partial charge on any atom is -0.339 e. The van der Waals surface area contributed by atoms with Gasteiger partial charge >= 0.3 is 0 Å². The highest BCUT2D eigenvalue weighted by molar-refractivity contribution is 5.96. The van der Waals surface area contributed by atoms with Gasteiger partial charge in [-0.15, -0.1) is 0 Å². The van der Waals surface area contributed by atoms with Gasteiger partial charge in [0.15, 0.2) is 0 Å². The van der Waals surface area contributed by atoms with Crippen molar-refractivity contribution in [3.8, 4) is 0 Å². The lowest BCUT2D eigenvalue weighted by molar-refractivity contribution is -0.123. The Morgan fingerprint density at radius 2 is 1.84 bits per heavy atom. The molecule has 0 aliphatic carbocycles. The van der Waals surface area contributed by atoms with E-state index in [4.69, 9.17) is 0 Å². The first-order chi connectivity index (χ1) is 12.2. The molecule has 1 fully saturated rings. The van der Waals surface area contributed by atoms with E-state index >= 15 is 0 Å². The maximum atomic E-state index is 12.9. The highest BCUT2D eigenvalue weighted by Gasteiger charge is 2.30. The van der Waals surface area contributed by atoms with Crippen LogP contribution < -0.4 is 4.90 Å². The molecule has 1 saturated heterocycles. The van der Waals surface area contributed by atoms with Crippen molar-refractivity contribution in [3.63, 3.8) is 0 Å². The number of carbonyl (C=O) groups is 2. The Morgan fingerprint density at radius 3 is 2.44 bits per heavy atom. The van der Waals surface area contributed by atoms with Gasteiger partial charge in [-0.3, -0.25) is 14.6 Å². The van der Waals surface area contributed by atoms with Crippen LogP contribution in [0.4, 0.5) is 5.69 Å². The van der Waals surface area contributed by atoms with Gasteiger partial charge in [0.25, 0.3) is 5.91 Å². The normalized spacial score (nSPS) is 15.0. The molecule has 5 nitrogen and oxygen atoms in total. The SMILES string of the molecule is CCN(C(=O)C1CCN(C(=O)c2cccnc2)CC1)c1ccccc1. The standard InChI is InChI=1S/C20H23N3O2/c1-2-23(18-8-4-3-5-9-18)20(25)16-10-13-22(14-11-16)19(24)17-7-6-12-21-15-17/h3-9,12,15-16H,2,10-11,13-14H2,1H3. The quantitative estimate of drug-likeness (QED) is 0.862. The van der Waals surface area contributed by atoms with E-state index in [1.54, 1.807) is 24.5 Å². The fraction of sp³-hybridized carbons (Fsp3) is 0.350. The Morgan fingerprint density at radius 1 is 1.12 bits per heavy atom. The Labute approximate surface area is 148 Å². The first kappa shape index (κ1) is 17.1. The van der Waals surface area contributed by atoms with E-state index < -0.39 is 0 Å². The van der Waals surface area contributed by atoms with Crippen molar-refractivity contribution < 1.29 is 9.59 Å². The van der Waals surface area contributed by atoms with Crippen LogP contribution in [0.3, 0.4) is 0 Å². The Bertz CT molecular complexity index is 710. The van der Waals surface area contributed by atoms with Crippen LogP contribution in [0.2, 0.25) is 0 Å². The summed E-state index contributed by atoms with van der Waals surface area (Å²) in [6.07, 6.45) is 4.65. The van der Waals surface area contributed by atoms with Crippen molar-refractivity contribution in [1.29, 1.82) is 0 Å². The maximum Gasteiger partial charge on any atom is 0.255 e. The van der Waals surface area contributed by atoms with Gasteiger partial charge in [-0.2, -0.15) is 0 Å². The van der Waals surface area contributed by atoms with E-state index in [-0.39, 0.29) is 17.7 Å². The summed E-state index contributed by atoms with van der Waals surface area (Å²) >= 11 is 0. The molecule has 0 spiro atoms. The summed E-state index contributed by atoms with van der Waals surface area (Å²) in [6, 6.07) is 13.3. The predicted octanol–water partition coefficient (Wildman–Crippen LogP) is 2.99. The smallest absolute Gasteiger partial charge is 0.255 e. The van der Waals surface area contributed by atoms with E-state index in [9.17, 15) is 9.59 Å². The van der Waals surface area contributed by atoms with Gasteiger partial charge in [0.2, 0.25) is 5.91 Å². The number of pyridine rings is 1. The zero-order valence-electron chi connectivity index (χ0n) is 14.5. The molecule has 1 aliphatic heterocycles. The summed E-state index contributed by atoms with van der Waals surface area (Å²) in [5.74, 6) is 0.120. The minimum atomic E-state index is -0.0295. The lowest BCUT2D eigenvalue weighted by Crippen LogP contribution is -2.44. The molecular formula is C20H23N3O2. The van der Waals surface area contributed by atoms with Crippen molar-refractivity contribution in [2.24, 2.45) is 5.92 Å². The number of nitrogens with zero attached hydrogens (tertiary/aromatic N) is 3. The first-order valence-electron chi connectivity index (χ1n) is 8.76. The van der Waals surface area contributed by atoms with Gasteiger partial charge in [0.1, 0.15) is 0 Å². The number of piperidine rings is 1. The van der Waals surface area contributed by atoms with Crippen LogP contribution in [0.25, 0.3) is 0 Å². The van der Waals surface area contributed by atoms with Gasteiger partial charge in [-0.05, 0) is 44.0 Å². The molecule has 2 heterocycles. The molecule has 130 valence electrons. The van der Waals surface area contributed by atoms with Crippen LogP contribution in [-0.4, -0.2) is 41.3 Å². The molecule has 1 aromatic heterocycles. The molecule has 0 radical (unpaired) electrons. The topological polar surface area (TPSA) is 53.5 Å². The van der Waals surface area contributed by atoms with E-state index in [0.717, 1.165) is 5.69 Å². The van der Waals surface area contributed by atoms with Crippen molar-refractivity contribution >= 4 is 17.5 Å². The molecule has 5 heteroatoms. The van der Waals surface area contributed by atoms with Gasteiger partial charge < -0.3 is 9.80 Å². The predicted molar refractivity (Wildman–Crippen MR) is 97.3 cm³/mol. The molecule has 2 aromatic rings. The zero-order valence-corrected chi connectivity index (χ0v) is 14.5. The average Bonchev–Trinajstić information content (AvgIpc) is 2.69. The zero-order chi connectivity index (χ0) is 17.6. The van der Waals surface area contributed by atoms with E-state index in [1.165, 1.54) is 0 Å². The number of hydrogen-bond acceptors (Lipinski definition) is 3. The van der Waals surface area contributed by atoms with Gasteiger partial charge in [0.05, 0.1) is 5.56 Å². The molecule has 1 aliphatic rings. The third kappa shape index (κ3) is 3.87. The second-order valence-electron chi connectivity index (χ2n) is 6.23. The summed E-state index contributed by atoms with van der Waals surface area (Å²) in [5.41, 5.74) is 1.54. The Kier molecular flexibility index (Phi) is 5.43. The third-order valence-corrected chi connectivity index (χ3v) is 4.69. The number of benzene rings is 1. The van der Waals surface area contributed by atoms with Crippen LogP contribution in [-0.2, 0) is 4.79 Å². The van der Waals surface area contributed by atoms with Gasteiger partial charge in [0, 0.05) is 43.6 Å². The molecule has 1 aromatic carbocycles. The second kappa shape index (κ2) is 7.92. The summed E-state index contributed by atoms with van der Waals surface area (Å²) in [5, 5.41) is 0. The van der Waals surface area contributed by atoms with Gasteiger partial charge in [-0.25, -0.2) is 0 Å². The molecule has 0 N–H and O–H groups in total. The summed E-state index contributed by atoms with van der Waals surface area (Å²) in [4.78, 5) is 33.0. The Balaban J connectivity index is 1.62. The van der Waals surface area contributed by atoms with Crippen LogP contribution >= 0.6 is 0 Å². The monoisotopic (exact) mass is 337 g/mol. The van der Waals surface area contributed by atoms with Crippen LogP contribution in [0.1, 0.15) is 30.1 Å². The number of anilines is 1. The van der Waals surface area contributed by atoms with Crippen LogP contribution in [0, 0.1) is 5.92 Å². The number of rotatable bonds is 4. The van der Waals surface area contributed by atoms with Crippen molar-refractivity contribution in [2.45, 2.75) is 19.8 Å². The van der Waals surface area contributed by atoms with Crippen molar-refractivity contribution in [3.05, 3.63) is 60.4 Å². The minimum absolute atomic E-state index is 0.00518. The number of likely N-dealkylation sites (tertiary alicyclic amines) is 1. The third-order valence-electron chi connectivity index (χ3n) is 4.69. The average molecular weight is 337 g/mol. The fourth-order valence-corrected chi connectivity index (χ4v) is 3.30. The number of amides is 2. The second-order valence-corrected chi connectivity index (χ2v) is 6.23. The highest BCUT2D eigenvalue weighted by atomic mass is 16.2. The summed E-state index contributed by atoms with van der Waals surface area (Å²) in [6.45, 7) is 3.86. The lowest BCUT2D eigenvalue weighted by Gasteiger charge is -2.34. The highest BCUT2D eigenvalue weighted by Crippen LogP contribution is 2.24. The van der Waals surface area contributed by atoms with Gasteiger partial charge in [-0.1, -0.05) is 18.2 Å². The Hall–Kier alpha value is -2.69. The largest absolute Gasteiger partial charge is 0.339 e. The van der Waals surface area contributed by atoms with Crippen LogP contribution in [0.5, 0.6) is 0 Å². The number of carbonyl (C=O) groups excluding carboxylic acids is 2. The van der Waals surface area contributed by atoms with E-state index in [2.05, 4.69) is 4.98 Å². The molecule has 0 unspecified atom stereocenters. The first-order valence-corrected chi connectivity index (χ1v) is 8.76. The molecule has 3 rings (SSSR count). The fourth-order valence-electron chi connectivity index (χ4n) is 3.30. The number of para-hydroxylation sites is 1. The van der Waals surface area contributed by atoms with E-state index in [0.29, 0.717) is 38.0 Å². The number of aromatic nitrogens is 1. The number of hydrogen-bond donors (Lipinski definition) is 0. The van der Waals surface area contributed by atoms with Crippen molar-refractivity contribution in [1.82, 2.24) is 9.88 Å². The lowest BCUT2D eigenvalue weighted by atomic mass is 9.94. The molecular weight excluding hydrogens is 314 g/mol.